The van der Waals surface area contributed by atoms with Gasteiger partial charge in [-0.1, -0.05) is 24.3 Å². The number of aliphatic hydroxyl groups is 1. The lowest BCUT2D eigenvalue weighted by atomic mass is 9.98. The fourth-order valence-corrected chi connectivity index (χ4v) is 2.39. The van der Waals surface area contributed by atoms with Crippen LogP contribution in [0.2, 0.25) is 0 Å². The van der Waals surface area contributed by atoms with E-state index in [1.807, 2.05) is 31.2 Å². The molecule has 2 rings (SSSR count). The molecule has 1 saturated heterocycles. The molecule has 0 amide bonds. The summed E-state index contributed by atoms with van der Waals surface area (Å²) in [5, 5.41) is 18.9. The highest BCUT2D eigenvalue weighted by molar-refractivity contribution is 5.32. The Balaban J connectivity index is 2.18. The molecule has 1 aromatic carbocycles. The van der Waals surface area contributed by atoms with Crippen molar-refractivity contribution in [2.75, 3.05) is 13.1 Å². The Kier molecular flexibility index (Phi) is 3.78. The van der Waals surface area contributed by atoms with Gasteiger partial charge in [-0.15, -0.1) is 0 Å². The number of rotatable bonds is 2. The number of benzene rings is 1. The predicted molar refractivity (Wildman–Crippen MR) is 66.3 cm³/mol. The summed E-state index contributed by atoms with van der Waals surface area (Å²) in [6.07, 6.45) is 1.34. The largest absolute Gasteiger partial charge is 0.393 e. The Bertz CT molecular complexity index is 416. The Morgan fingerprint density at radius 1 is 1.35 bits per heavy atom. The highest BCUT2D eigenvalue weighted by Gasteiger charge is 2.25. The van der Waals surface area contributed by atoms with E-state index in [-0.39, 0.29) is 12.1 Å². The van der Waals surface area contributed by atoms with E-state index in [2.05, 4.69) is 11.0 Å². The molecule has 1 aromatic rings. The van der Waals surface area contributed by atoms with E-state index in [0.29, 0.717) is 0 Å². The van der Waals surface area contributed by atoms with Crippen molar-refractivity contribution in [2.24, 2.45) is 0 Å². The summed E-state index contributed by atoms with van der Waals surface area (Å²) in [5.41, 5.74) is 2.25. The number of piperidine rings is 1. The van der Waals surface area contributed by atoms with Gasteiger partial charge in [0.05, 0.1) is 12.2 Å². The van der Waals surface area contributed by atoms with Crippen LogP contribution < -0.4 is 0 Å². The van der Waals surface area contributed by atoms with Crippen LogP contribution in [0.3, 0.4) is 0 Å². The van der Waals surface area contributed by atoms with Crippen molar-refractivity contribution in [2.45, 2.75) is 31.9 Å². The zero-order valence-electron chi connectivity index (χ0n) is 10.1. The van der Waals surface area contributed by atoms with E-state index in [1.54, 1.807) is 0 Å². The zero-order chi connectivity index (χ0) is 12.3. The number of aryl methyl sites for hydroxylation is 1. The summed E-state index contributed by atoms with van der Waals surface area (Å²) in [4.78, 5) is 2.16. The van der Waals surface area contributed by atoms with E-state index in [9.17, 15) is 10.4 Å². The van der Waals surface area contributed by atoms with Crippen LogP contribution in [0.4, 0.5) is 0 Å². The average Bonchev–Trinajstić information content (AvgIpc) is 2.35. The molecule has 1 aliphatic heterocycles. The summed E-state index contributed by atoms with van der Waals surface area (Å²) in [7, 11) is 0. The second-order valence-corrected chi connectivity index (χ2v) is 4.66. The molecule has 1 aliphatic rings. The molecule has 0 bridgehead atoms. The summed E-state index contributed by atoms with van der Waals surface area (Å²) in [6, 6.07) is 10.2. The van der Waals surface area contributed by atoms with Gasteiger partial charge >= 0.3 is 0 Å². The minimum atomic E-state index is -0.192. The topological polar surface area (TPSA) is 47.3 Å². The third-order valence-corrected chi connectivity index (χ3v) is 3.47. The van der Waals surface area contributed by atoms with Crippen LogP contribution in [0.15, 0.2) is 24.3 Å². The number of nitriles is 1. The molecule has 1 N–H and O–H groups in total. The molecule has 3 nitrogen and oxygen atoms in total. The number of hydrogen-bond donors (Lipinski definition) is 1. The van der Waals surface area contributed by atoms with Gasteiger partial charge in [0.25, 0.3) is 0 Å². The number of hydrogen-bond acceptors (Lipinski definition) is 3. The summed E-state index contributed by atoms with van der Waals surface area (Å²) in [6.45, 7) is 3.64. The molecule has 17 heavy (non-hydrogen) atoms. The lowest BCUT2D eigenvalue weighted by Crippen LogP contribution is -2.38. The van der Waals surface area contributed by atoms with Crippen LogP contribution in [0.25, 0.3) is 0 Å². The lowest BCUT2D eigenvalue weighted by Gasteiger charge is -2.33. The lowest BCUT2D eigenvalue weighted by molar-refractivity contribution is 0.0715. The van der Waals surface area contributed by atoms with Crippen LogP contribution in [0.5, 0.6) is 0 Å². The minimum absolute atomic E-state index is 0.177. The van der Waals surface area contributed by atoms with Gasteiger partial charge < -0.3 is 5.11 Å². The summed E-state index contributed by atoms with van der Waals surface area (Å²) >= 11 is 0. The fourth-order valence-electron chi connectivity index (χ4n) is 2.39. The maximum Gasteiger partial charge on any atom is 0.124 e. The third-order valence-electron chi connectivity index (χ3n) is 3.47. The number of aliphatic hydroxyl groups excluding tert-OH is 1. The summed E-state index contributed by atoms with van der Waals surface area (Å²) in [5.74, 6) is 0. The van der Waals surface area contributed by atoms with Crippen molar-refractivity contribution in [3.63, 3.8) is 0 Å². The first-order valence-electron chi connectivity index (χ1n) is 6.09. The molecule has 0 saturated carbocycles. The van der Waals surface area contributed by atoms with Crippen molar-refractivity contribution in [1.29, 1.82) is 5.26 Å². The first kappa shape index (κ1) is 12.1. The zero-order valence-corrected chi connectivity index (χ0v) is 10.1. The molecule has 1 heterocycles. The van der Waals surface area contributed by atoms with Crippen LogP contribution in [-0.2, 0) is 0 Å². The fraction of sp³-hybridized carbons (Fsp3) is 0.500. The maximum absolute atomic E-state index is 9.50. The van der Waals surface area contributed by atoms with Crippen molar-refractivity contribution >= 4 is 0 Å². The predicted octanol–water partition coefficient (Wildman–Crippen LogP) is 2.02. The Hall–Kier alpha value is -1.37. The van der Waals surface area contributed by atoms with Gasteiger partial charge in [-0.3, -0.25) is 4.90 Å². The van der Waals surface area contributed by atoms with Gasteiger partial charge in [0.2, 0.25) is 0 Å². The Morgan fingerprint density at radius 3 is 2.59 bits per heavy atom. The van der Waals surface area contributed by atoms with Gasteiger partial charge in [0.15, 0.2) is 0 Å². The highest BCUT2D eigenvalue weighted by Crippen LogP contribution is 2.26. The van der Waals surface area contributed by atoms with Gasteiger partial charge in [-0.25, -0.2) is 0 Å². The molecule has 3 heteroatoms. The van der Waals surface area contributed by atoms with Gasteiger partial charge in [-0.05, 0) is 30.9 Å². The summed E-state index contributed by atoms with van der Waals surface area (Å²) < 4.78 is 0. The maximum atomic E-state index is 9.50. The Labute approximate surface area is 102 Å². The molecule has 90 valence electrons. The third kappa shape index (κ3) is 2.66. The first-order valence-corrected chi connectivity index (χ1v) is 6.09. The van der Waals surface area contributed by atoms with Crippen LogP contribution in [0.1, 0.15) is 30.0 Å². The van der Waals surface area contributed by atoms with Crippen molar-refractivity contribution in [1.82, 2.24) is 4.90 Å². The second-order valence-electron chi connectivity index (χ2n) is 4.66. The smallest absolute Gasteiger partial charge is 0.124 e. The molecule has 0 aliphatic carbocycles. The number of nitrogens with zero attached hydrogens (tertiary/aromatic N) is 2. The standard InChI is InChI=1S/C14H18N2O/c1-11-4-2-3-5-13(11)14(10-15)16-8-6-12(17)7-9-16/h2-5,12,14,17H,6-9H2,1H3. The average molecular weight is 230 g/mol. The van der Waals surface area contributed by atoms with Crippen molar-refractivity contribution in [3.8, 4) is 6.07 Å². The van der Waals surface area contributed by atoms with E-state index in [4.69, 9.17) is 0 Å². The molecule has 1 unspecified atom stereocenters. The van der Waals surface area contributed by atoms with Crippen molar-refractivity contribution in [3.05, 3.63) is 35.4 Å². The quantitative estimate of drug-likeness (QED) is 0.845. The van der Waals surface area contributed by atoms with Crippen LogP contribution in [0, 0.1) is 18.3 Å². The monoisotopic (exact) mass is 230 g/mol. The van der Waals surface area contributed by atoms with E-state index in [0.717, 1.165) is 37.1 Å². The van der Waals surface area contributed by atoms with Crippen molar-refractivity contribution < 1.29 is 5.11 Å². The molecular weight excluding hydrogens is 212 g/mol. The van der Waals surface area contributed by atoms with Crippen LogP contribution in [-0.4, -0.2) is 29.2 Å². The van der Waals surface area contributed by atoms with E-state index in [1.165, 1.54) is 0 Å². The van der Waals surface area contributed by atoms with E-state index < -0.39 is 0 Å². The normalized spacial score (nSPS) is 19.8. The van der Waals surface area contributed by atoms with Gasteiger partial charge in [0.1, 0.15) is 6.04 Å². The molecule has 0 aromatic heterocycles. The molecule has 0 radical (unpaired) electrons. The van der Waals surface area contributed by atoms with Gasteiger partial charge in [-0.2, -0.15) is 5.26 Å². The minimum Gasteiger partial charge on any atom is -0.393 e. The molecule has 1 atom stereocenters. The first-order chi connectivity index (χ1) is 8.22. The SMILES string of the molecule is Cc1ccccc1C(C#N)N1CCC(O)CC1. The molecular formula is C14H18N2O. The molecule has 1 fully saturated rings. The van der Waals surface area contributed by atoms with Gasteiger partial charge in [0, 0.05) is 13.1 Å². The molecule has 0 spiro atoms. The van der Waals surface area contributed by atoms with E-state index >= 15 is 0 Å². The van der Waals surface area contributed by atoms with Crippen LogP contribution >= 0.6 is 0 Å². The highest BCUT2D eigenvalue weighted by atomic mass is 16.3. The number of likely N-dealkylation sites (tertiary alicyclic amines) is 1. The Morgan fingerprint density at radius 2 is 2.00 bits per heavy atom. The second kappa shape index (κ2) is 5.31.